The van der Waals surface area contributed by atoms with E-state index in [0.717, 1.165) is 5.56 Å². The molecule has 2 N–H and O–H groups in total. The fraction of sp³-hybridized carbons (Fsp3) is 0.571. The third kappa shape index (κ3) is 3.52. The lowest BCUT2D eigenvalue weighted by molar-refractivity contribution is -0.135. The van der Waals surface area contributed by atoms with Gasteiger partial charge in [0.25, 0.3) is 0 Å². The minimum absolute atomic E-state index is 0.0513. The molecule has 0 spiro atoms. The molecule has 0 aliphatic carbocycles. The number of hydrogen-bond acceptors (Lipinski definition) is 4. The third-order valence-electron chi connectivity index (χ3n) is 3.39. The number of nitrogens with one attached hydrogen (secondary N) is 1. The zero-order chi connectivity index (χ0) is 13.8. The normalized spacial score (nSPS) is 22.7. The lowest BCUT2D eigenvalue weighted by Crippen LogP contribution is -2.46. The van der Waals surface area contributed by atoms with E-state index < -0.39 is 6.10 Å². The van der Waals surface area contributed by atoms with Gasteiger partial charge >= 0.3 is 0 Å². The quantitative estimate of drug-likeness (QED) is 0.832. The van der Waals surface area contributed by atoms with E-state index in [2.05, 4.69) is 10.3 Å². The summed E-state index contributed by atoms with van der Waals surface area (Å²) in [6.07, 6.45) is 3.58. The molecule has 1 amide bonds. The number of pyridine rings is 1. The molecule has 1 saturated heterocycles. The smallest absolute Gasteiger partial charge is 0.240 e. The number of hydrogen-bond donors (Lipinski definition) is 2. The molecule has 5 nitrogen and oxygen atoms in total. The highest BCUT2D eigenvalue weighted by Gasteiger charge is 2.32. The molecule has 2 unspecified atom stereocenters. The maximum absolute atomic E-state index is 12.5. The highest BCUT2D eigenvalue weighted by atomic mass is 16.3. The second kappa shape index (κ2) is 6.12. The largest absolute Gasteiger partial charge is 0.392 e. The van der Waals surface area contributed by atoms with E-state index in [1.165, 1.54) is 0 Å². The van der Waals surface area contributed by atoms with E-state index in [4.69, 9.17) is 0 Å². The van der Waals surface area contributed by atoms with Crippen LogP contribution in [0.2, 0.25) is 0 Å². The Morgan fingerprint density at radius 3 is 2.95 bits per heavy atom. The van der Waals surface area contributed by atoms with Gasteiger partial charge in [0.05, 0.1) is 12.1 Å². The van der Waals surface area contributed by atoms with Crippen molar-refractivity contribution in [3.63, 3.8) is 0 Å². The highest BCUT2D eigenvalue weighted by Crippen LogP contribution is 2.14. The number of nitrogens with zero attached hydrogens (tertiary/aromatic N) is 2. The van der Waals surface area contributed by atoms with Crippen molar-refractivity contribution < 1.29 is 9.90 Å². The van der Waals surface area contributed by atoms with Crippen LogP contribution in [0.25, 0.3) is 0 Å². The lowest BCUT2D eigenvalue weighted by atomic mass is 10.1. The predicted molar refractivity (Wildman–Crippen MR) is 72.3 cm³/mol. The Morgan fingerprint density at radius 2 is 2.42 bits per heavy atom. The summed E-state index contributed by atoms with van der Waals surface area (Å²) in [5.41, 5.74) is 1.02. The molecule has 1 aliphatic heterocycles. The average molecular weight is 263 g/mol. The van der Waals surface area contributed by atoms with Gasteiger partial charge in [0.15, 0.2) is 0 Å². The monoisotopic (exact) mass is 263 g/mol. The molecule has 0 aromatic carbocycles. The molecule has 0 radical (unpaired) electrons. The number of carbonyl (C=O) groups is 1. The summed E-state index contributed by atoms with van der Waals surface area (Å²) < 4.78 is 0. The zero-order valence-corrected chi connectivity index (χ0v) is 11.4. The van der Waals surface area contributed by atoms with Gasteiger partial charge in [-0.1, -0.05) is 6.07 Å². The summed E-state index contributed by atoms with van der Waals surface area (Å²) in [5, 5.41) is 12.6. The number of aliphatic hydroxyl groups excluding tert-OH is 1. The van der Waals surface area contributed by atoms with Gasteiger partial charge in [-0.2, -0.15) is 0 Å². The van der Waals surface area contributed by atoms with Crippen LogP contribution in [-0.4, -0.2) is 45.6 Å². The first kappa shape index (κ1) is 14.0. The Bertz CT molecular complexity index is 422. The molecule has 104 valence electrons. The van der Waals surface area contributed by atoms with Gasteiger partial charge in [0.2, 0.25) is 5.91 Å². The first-order valence-corrected chi connectivity index (χ1v) is 6.68. The standard InChI is InChI=1S/C14H21N3O2/c1-10(2)17(9-11-4-3-5-15-7-11)14(19)13-6-12(18)8-16-13/h3-5,7,10,12-13,16,18H,6,8-9H2,1-2H3. The summed E-state index contributed by atoms with van der Waals surface area (Å²) in [4.78, 5) is 18.4. The van der Waals surface area contributed by atoms with Crippen LogP contribution < -0.4 is 5.32 Å². The SMILES string of the molecule is CC(C)N(Cc1cccnc1)C(=O)C1CC(O)CN1. The van der Waals surface area contributed by atoms with Gasteiger partial charge in [-0.05, 0) is 31.9 Å². The van der Waals surface area contributed by atoms with E-state index in [-0.39, 0.29) is 18.0 Å². The minimum Gasteiger partial charge on any atom is -0.392 e. The van der Waals surface area contributed by atoms with Crippen molar-refractivity contribution in [3.05, 3.63) is 30.1 Å². The summed E-state index contributed by atoms with van der Waals surface area (Å²) in [6.45, 7) is 5.05. The molecule has 2 rings (SSSR count). The van der Waals surface area contributed by atoms with Crippen LogP contribution >= 0.6 is 0 Å². The molecular formula is C14H21N3O2. The molecule has 1 aliphatic rings. The summed E-state index contributed by atoms with van der Waals surface area (Å²) in [5.74, 6) is 0.0513. The van der Waals surface area contributed by atoms with Gasteiger partial charge in [-0.3, -0.25) is 9.78 Å². The zero-order valence-electron chi connectivity index (χ0n) is 11.4. The van der Waals surface area contributed by atoms with Crippen molar-refractivity contribution in [1.29, 1.82) is 0 Å². The van der Waals surface area contributed by atoms with Gasteiger partial charge in [0.1, 0.15) is 0 Å². The molecule has 5 heteroatoms. The van der Waals surface area contributed by atoms with Gasteiger partial charge < -0.3 is 15.3 Å². The summed E-state index contributed by atoms with van der Waals surface area (Å²) >= 11 is 0. The number of amides is 1. The molecular weight excluding hydrogens is 242 g/mol. The number of aromatic nitrogens is 1. The van der Waals surface area contributed by atoms with Crippen LogP contribution in [0.4, 0.5) is 0 Å². The first-order valence-electron chi connectivity index (χ1n) is 6.68. The van der Waals surface area contributed by atoms with Crippen molar-refractivity contribution in [1.82, 2.24) is 15.2 Å². The Labute approximate surface area is 113 Å². The van der Waals surface area contributed by atoms with Crippen molar-refractivity contribution in [3.8, 4) is 0 Å². The second-order valence-corrected chi connectivity index (χ2v) is 5.27. The fourth-order valence-electron chi connectivity index (χ4n) is 2.31. The molecule has 1 fully saturated rings. The topological polar surface area (TPSA) is 65.5 Å². The fourth-order valence-corrected chi connectivity index (χ4v) is 2.31. The average Bonchev–Trinajstić information content (AvgIpc) is 2.83. The number of rotatable bonds is 4. The molecule has 0 bridgehead atoms. The Hall–Kier alpha value is -1.46. The van der Waals surface area contributed by atoms with Crippen LogP contribution in [0.1, 0.15) is 25.8 Å². The Balaban J connectivity index is 2.05. The van der Waals surface area contributed by atoms with Crippen molar-refractivity contribution in [2.45, 2.75) is 45.0 Å². The minimum atomic E-state index is -0.415. The molecule has 0 saturated carbocycles. The highest BCUT2D eigenvalue weighted by molar-refractivity contribution is 5.82. The molecule has 1 aromatic heterocycles. The van der Waals surface area contributed by atoms with Crippen LogP contribution in [0.5, 0.6) is 0 Å². The Morgan fingerprint density at radius 1 is 1.63 bits per heavy atom. The molecule has 2 atom stereocenters. The van der Waals surface area contributed by atoms with Crippen molar-refractivity contribution >= 4 is 5.91 Å². The second-order valence-electron chi connectivity index (χ2n) is 5.27. The van der Waals surface area contributed by atoms with E-state index in [1.807, 2.05) is 30.9 Å². The van der Waals surface area contributed by atoms with Crippen LogP contribution in [0, 0.1) is 0 Å². The molecule has 19 heavy (non-hydrogen) atoms. The lowest BCUT2D eigenvalue weighted by Gasteiger charge is -2.29. The molecule has 2 heterocycles. The van der Waals surface area contributed by atoms with Gasteiger partial charge in [-0.15, -0.1) is 0 Å². The first-order chi connectivity index (χ1) is 9.08. The van der Waals surface area contributed by atoms with Gasteiger partial charge in [-0.25, -0.2) is 0 Å². The van der Waals surface area contributed by atoms with Crippen LogP contribution in [0.15, 0.2) is 24.5 Å². The van der Waals surface area contributed by atoms with Crippen molar-refractivity contribution in [2.75, 3.05) is 6.54 Å². The van der Waals surface area contributed by atoms with Crippen LogP contribution in [-0.2, 0) is 11.3 Å². The van der Waals surface area contributed by atoms with Crippen LogP contribution in [0.3, 0.4) is 0 Å². The summed E-state index contributed by atoms with van der Waals surface area (Å²) in [6, 6.07) is 3.68. The third-order valence-corrected chi connectivity index (χ3v) is 3.39. The van der Waals surface area contributed by atoms with E-state index in [9.17, 15) is 9.90 Å². The molecule has 1 aromatic rings. The maximum Gasteiger partial charge on any atom is 0.240 e. The van der Waals surface area contributed by atoms with E-state index in [0.29, 0.717) is 19.5 Å². The number of carbonyl (C=O) groups excluding carboxylic acids is 1. The predicted octanol–water partition coefficient (Wildman–Crippen LogP) is 0.541. The maximum atomic E-state index is 12.5. The Kier molecular flexibility index (Phi) is 4.50. The van der Waals surface area contributed by atoms with Crippen molar-refractivity contribution in [2.24, 2.45) is 0 Å². The van der Waals surface area contributed by atoms with Gasteiger partial charge in [0, 0.05) is 31.5 Å². The number of aliphatic hydroxyl groups is 1. The van der Waals surface area contributed by atoms with E-state index >= 15 is 0 Å². The number of β-amino-alcohol motifs (C(OH)–C–C–N with tert-alkyl or cyclic N) is 1. The van der Waals surface area contributed by atoms with E-state index in [1.54, 1.807) is 12.4 Å². The summed E-state index contributed by atoms with van der Waals surface area (Å²) in [7, 11) is 0.